The summed E-state index contributed by atoms with van der Waals surface area (Å²) in [7, 11) is 0. The Balaban J connectivity index is 2.32. The lowest BCUT2D eigenvalue weighted by molar-refractivity contribution is 0.489. The predicted molar refractivity (Wildman–Crippen MR) is 51.6 cm³/mol. The molecule has 0 atom stereocenters. The number of rotatable bonds is 3. The maximum atomic E-state index is 5.19. The summed E-state index contributed by atoms with van der Waals surface area (Å²) in [6.45, 7) is 3.23. The van der Waals surface area contributed by atoms with E-state index in [1.807, 2.05) is 13.0 Å². The smallest absolute Gasteiger partial charge is 0.131 e. The van der Waals surface area contributed by atoms with Gasteiger partial charge in [-0.1, -0.05) is 5.92 Å². The topological polar surface area (TPSA) is 25.2 Å². The number of hydrogen-bond acceptors (Lipinski definition) is 2. The summed E-state index contributed by atoms with van der Waals surface area (Å²) < 4.78 is 6.19. The lowest BCUT2D eigenvalue weighted by atomic mass is 10.4. The predicted octanol–water partition coefficient (Wildman–Crippen LogP) is 2.16. The molecule has 0 saturated heterocycles. The lowest BCUT2D eigenvalue weighted by Gasteiger charge is -1.96. The van der Waals surface area contributed by atoms with E-state index >= 15 is 0 Å². The Kier molecular flexibility index (Phi) is 3.92. The molecule has 0 saturated carbocycles. The third-order valence-electron chi connectivity index (χ3n) is 1.37. The van der Waals surface area contributed by atoms with Crippen molar-refractivity contribution in [2.75, 3.05) is 6.54 Å². The Morgan fingerprint density at radius 2 is 2.50 bits per heavy atom. The van der Waals surface area contributed by atoms with Crippen LogP contribution in [0.2, 0.25) is 0 Å². The van der Waals surface area contributed by atoms with Gasteiger partial charge in [-0.15, -0.1) is 5.92 Å². The van der Waals surface area contributed by atoms with Crippen LogP contribution in [0.3, 0.4) is 0 Å². The molecule has 0 fully saturated rings. The second-order valence-corrected chi connectivity index (χ2v) is 3.08. The van der Waals surface area contributed by atoms with Gasteiger partial charge in [-0.25, -0.2) is 0 Å². The third-order valence-corrected chi connectivity index (χ3v) is 2.07. The van der Waals surface area contributed by atoms with E-state index in [0.717, 1.165) is 10.2 Å². The van der Waals surface area contributed by atoms with Crippen molar-refractivity contribution in [2.24, 2.45) is 0 Å². The number of halogens is 1. The highest BCUT2D eigenvalue weighted by Crippen LogP contribution is 2.16. The third kappa shape index (κ3) is 2.72. The first kappa shape index (κ1) is 9.37. The molecule has 1 aromatic heterocycles. The molecule has 0 aromatic carbocycles. The monoisotopic (exact) mass is 227 g/mol. The molecule has 1 rings (SSSR count). The van der Waals surface area contributed by atoms with Crippen molar-refractivity contribution >= 4 is 15.9 Å². The van der Waals surface area contributed by atoms with Gasteiger partial charge in [0, 0.05) is 0 Å². The first-order chi connectivity index (χ1) is 5.84. The van der Waals surface area contributed by atoms with Crippen molar-refractivity contribution < 1.29 is 4.42 Å². The van der Waals surface area contributed by atoms with E-state index in [9.17, 15) is 0 Å². The lowest BCUT2D eigenvalue weighted by Crippen LogP contribution is -2.12. The highest BCUT2D eigenvalue weighted by Gasteiger charge is 2.00. The van der Waals surface area contributed by atoms with Gasteiger partial charge in [-0.2, -0.15) is 0 Å². The van der Waals surface area contributed by atoms with Gasteiger partial charge in [0.25, 0.3) is 0 Å². The molecule has 0 bridgehead atoms. The standard InChI is InChI=1S/C9H10BrNO/c1-2-3-5-11-7-9-8(10)4-6-12-9/h4,6,11H,5,7H2,1H3. The Labute approximate surface area is 80.5 Å². The molecule has 1 N–H and O–H groups in total. The average Bonchev–Trinajstić information content (AvgIpc) is 2.46. The Morgan fingerprint density at radius 3 is 3.08 bits per heavy atom. The minimum atomic E-state index is 0.698. The Morgan fingerprint density at radius 1 is 1.67 bits per heavy atom. The zero-order valence-electron chi connectivity index (χ0n) is 6.86. The number of hydrogen-bond donors (Lipinski definition) is 1. The van der Waals surface area contributed by atoms with Crippen LogP contribution in [-0.4, -0.2) is 6.54 Å². The van der Waals surface area contributed by atoms with Crippen molar-refractivity contribution in [3.05, 3.63) is 22.6 Å². The fourth-order valence-corrected chi connectivity index (χ4v) is 1.12. The minimum absolute atomic E-state index is 0.698. The molecule has 3 heteroatoms. The van der Waals surface area contributed by atoms with Crippen LogP contribution in [0, 0.1) is 11.8 Å². The number of nitrogens with one attached hydrogen (secondary N) is 1. The fraction of sp³-hybridized carbons (Fsp3) is 0.333. The Hall–Kier alpha value is -0.720. The molecule has 0 amide bonds. The largest absolute Gasteiger partial charge is 0.467 e. The minimum Gasteiger partial charge on any atom is -0.467 e. The molecular formula is C9H10BrNO. The van der Waals surface area contributed by atoms with Crippen molar-refractivity contribution in [1.29, 1.82) is 0 Å². The first-order valence-electron chi connectivity index (χ1n) is 3.67. The molecule has 0 aliphatic rings. The maximum Gasteiger partial charge on any atom is 0.131 e. The summed E-state index contributed by atoms with van der Waals surface area (Å²) >= 11 is 3.37. The number of furan rings is 1. The van der Waals surface area contributed by atoms with Crippen LogP contribution in [0.4, 0.5) is 0 Å². The molecule has 1 heterocycles. The van der Waals surface area contributed by atoms with Gasteiger partial charge >= 0.3 is 0 Å². The van der Waals surface area contributed by atoms with Gasteiger partial charge < -0.3 is 4.42 Å². The summed E-state index contributed by atoms with van der Waals surface area (Å²) in [5.41, 5.74) is 0. The molecule has 2 nitrogen and oxygen atoms in total. The highest BCUT2D eigenvalue weighted by molar-refractivity contribution is 9.10. The molecule has 0 aliphatic carbocycles. The summed E-state index contributed by atoms with van der Waals surface area (Å²) in [6.07, 6.45) is 1.66. The van der Waals surface area contributed by atoms with Gasteiger partial charge in [0.05, 0.1) is 23.8 Å². The SMILES string of the molecule is CC#CCNCc1occc1Br. The van der Waals surface area contributed by atoms with E-state index in [1.165, 1.54) is 0 Å². The van der Waals surface area contributed by atoms with Crippen molar-refractivity contribution in [1.82, 2.24) is 5.32 Å². The second kappa shape index (κ2) is 5.02. The quantitative estimate of drug-likeness (QED) is 0.633. The Bertz CT molecular complexity index is 295. The maximum absolute atomic E-state index is 5.19. The first-order valence-corrected chi connectivity index (χ1v) is 4.46. The van der Waals surface area contributed by atoms with E-state index in [4.69, 9.17) is 4.42 Å². The van der Waals surface area contributed by atoms with Crippen LogP contribution in [0.1, 0.15) is 12.7 Å². The second-order valence-electron chi connectivity index (χ2n) is 2.22. The van der Waals surface area contributed by atoms with E-state index in [-0.39, 0.29) is 0 Å². The van der Waals surface area contributed by atoms with Crippen LogP contribution < -0.4 is 5.32 Å². The average molecular weight is 228 g/mol. The van der Waals surface area contributed by atoms with Gasteiger partial charge in [0.2, 0.25) is 0 Å². The molecule has 0 aliphatic heterocycles. The molecule has 0 unspecified atom stereocenters. The zero-order valence-corrected chi connectivity index (χ0v) is 8.44. The van der Waals surface area contributed by atoms with Crippen molar-refractivity contribution in [3.8, 4) is 11.8 Å². The summed E-state index contributed by atoms with van der Waals surface area (Å²) in [6, 6.07) is 1.88. The van der Waals surface area contributed by atoms with E-state index < -0.39 is 0 Å². The van der Waals surface area contributed by atoms with Gasteiger partial charge in [-0.05, 0) is 28.9 Å². The van der Waals surface area contributed by atoms with Crippen molar-refractivity contribution in [2.45, 2.75) is 13.5 Å². The van der Waals surface area contributed by atoms with Crippen LogP contribution in [-0.2, 0) is 6.54 Å². The van der Waals surface area contributed by atoms with Crippen LogP contribution in [0.5, 0.6) is 0 Å². The molecular weight excluding hydrogens is 218 g/mol. The summed E-state index contributed by atoms with van der Waals surface area (Å²) in [4.78, 5) is 0. The van der Waals surface area contributed by atoms with Gasteiger partial charge in [0.15, 0.2) is 0 Å². The molecule has 0 spiro atoms. The highest BCUT2D eigenvalue weighted by atomic mass is 79.9. The van der Waals surface area contributed by atoms with Gasteiger partial charge in [0.1, 0.15) is 5.76 Å². The van der Waals surface area contributed by atoms with Gasteiger partial charge in [-0.3, -0.25) is 5.32 Å². The molecule has 12 heavy (non-hydrogen) atoms. The molecule has 0 radical (unpaired) electrons. The fourth-order valence-electron chi connectivity index (χ4n) is 0.778. The molecule has 64 valence electrons. The van der Waals surface area contributed by atoms with E-state index in [1.54, 1.807) is 6.26 Å². The van der Waals surface area contributed by atoms with E-state index in [0.29, 0.717) is 13.1 Å². The van der Waals surface area contributed by atoms with Crippen molar-refractivity contribution in [3.63, 3.8) is 0 Å². The summed E-state index contributed by atoms with van der Waals surface area (Å²) in [5, 5.41) is 3.13. The molecule has 1 aromatic rings. The van der Waals surface area contributed by atoms with E-state index in [2.05, 4.69) is 33.1 Å². The van der Waals surface area contributed by atoms with Crippen LogP contribution >= 0.6 is 15.9 Å². The zero-order chi connectivity index (χ0) is 8.81. The normalized spacial score (nSPS) is 9.17. The van der Waals surface area contributed by atoms with Crippen LogP contribution in [0.25, 0.3) is 0 Å². The van der Waals surface area contributed by atoms with Crippen LogP contribution in [0.15, 0.2) is 21.2 Å². The summed E-state index contributed by atoms with van der Waals surface area (Å²) in [5.74, 6) is 6.63.